The Morgan fingerprint density at radius 3 is 2.34 bits per heavy atom. The van der Waals surface area contributed by atoms with Gasteiger partial charge >= 0.3 is 11.9 Å². The van der Waals surface area contributed by atoms with Gasteiger partial charge in [0.2, 0.25) is 0 Å². The van der Waals surface area contributed by atoms with Crippen molar-refractivity contribution in [2.24, 2.45) is 16.7 Å². The lowest BCUT2D eigenvalue weighted by atomic mass is 9.44. The predicted octanol–water partition coefficient (Wildman–Crippen LogP) is 1.98. The molecule has 1 saturated heterocycles. The fourth-order valence-corrected chi connectivity index (χ4v) is 9.13. The molecule has 4 aliphatic rings. The summed E-state index contributed by atoms with van der Waals surface area (Å²) in [4.78, 5) is 42.1. The Balaban J connectivity index is 1.50. The second-order valence-corrected chi connectivity index (χ2v) is 15.0. The molecule has 6 rings (SSSR count). The van der Waals surface area contributed by atoms with Gasteiger partial charge in [-0.2, -0.15) is 0 Å². The number of carbonyl (C=O) groups excluding carboxylic acids is 3. The van der Waals surface area contributed by atoms with E-state index >= 15 is 0 Å². The van der Waals surface area contributed by atoms with E-state index in [1.165, 1.54) is 30.4 Å². The van der Waals surface area contributed by atoms with Gasteiger partial charge in [0.15, 0.2) is 11.9 Å². The summed E-state index contributed by atoms with van der Waals surface area (Å²) in [5.74, 6) is -5.40. The maximum Gasteiger partial charge on any atom is 0.338 e. The van der Waals surface area contributed by atoms with Crippen molar-refractivity contribution < 1.29 is 54.1 Å². The molecule has 5 N–H and O–H groups in total. The minimum atomic E-state index is -2.22. The van der Waals surface area contributed by atoms with Crippen LogP contribution >= 0.6 is 11.3 Å². The average Bonchev–Trinajstić information content (AvgIpc) is 3.58. The molecule has 1 aromatic heterocycles. The Morgan fingerprint density at radius 1 is 1.06 bits per heavy atom. The maximum atomic E-state index is 14.5. The Morgan fingerprint density at radius 2 is 1.74 bits per heavy atom. The molecule has 2 heterocycles. The van der Waals surface area contributed by atoms with Crippen LogP contribution in [-0.4, -0.2) is 97.7 Å². The number of carbonyl (C=O) groups is 3. The number of Topliss-reactive ketones (excluding diaryl/α,β-unsaturated/α-hetero) is 1. The molecule has 47 heavy (non-hydrogen) atoms. The molecule has 1 aliphatic heterocycles. The summed E-state index contributed by atoms with van der Waals surface area (Å²) >= 11 is 1.25. The molecule has 12 heteroatoms. The molecule has 3 fully saturated rings. The van der Waals surface area contributed by atoms with Crippen LogP contribution in [0.15, 0.2) is 59.0 Å². The summed E-state index contributed by atoms with van der Waals surface area (Å²) in [6.45, 7) is 12.0. The van der Waals surface area contributed by atoms with Crippen LogP contribution < -0.4 is 0 Å². The van der Waals surface area contributed by atoms with Crippen LogP contribution in [-0.2, 0) is 23.8 Å². The minimum Gasteiger partial charge on any atom is -0.456 e. The number of thiophene rings is 1. The first-order chi connectivity index (χ1) is 22.0. The molecule has 2 aromatic rings. The van der Waals surface area contributed by atoms with Gasteiger partial charge in [0.1, 0.15) is 29.5 Å². The molecule has 2 saturated carbocycles. The highest BCUT2D eigenvalue weighted by molar-refractivity contribution is 7.10. The number of esters is 2. The van der Waals surface area contributed by atoms with Crippen molar-refractivity contribution in [1.29, 1.82) is 0 Å². The molecule has 10 unspecified atom stereocenters. The average molecular weight is 669 g/mol. The van der Waals surface area contributed by atoms with Gasteiger partial charge in [-0.3, -0.25) is 4.79 Å². The van der Waals surface area contributed by atoms with Crippen molar-refractivity contribution >= 4 is 29.1 Å². The molecular formula is C35H40O11S. The SMILES string of the molecule is [CH]C(c1cccs1)C(O)C(=O)OC1CC2(O)C(OC(=O)c3ccccc3)C3C4(O)COC4CC(O)[C@@]3(C)C(=O)C(O)C(=C1C)C2(C)C. The van der Waals surface area contributed by atoms with Crippen LogP contribution in [0, 0.1) is 23.7 Å². The molecule has 0 amide bonds. The molecule has 2 radical (unpaired) electrons. The van der Waals surface area contributed by atoms with Gasteiger partial charge in [0.25, 0.3) is 0 Å². The van der Waals surface area contributed by atoms with Crippen LogP contribution in [0.3, 0.4) is 0 Å². The molecule has 0 spiro atoms. The number of rotatable bonds is 6. The number of ether oxygens (including phenoxy) is 3. The predicted molar refractivity (Wildman–Crippen MR) is 167 cm³/mol. The second kappa shape index (κ2) is 11.6. The van der Waals surface area contributed by atoms with E-state index in [1.54, 1.807) is 56.5 Å². The summed E-state index contributed by atoms with van der Waals surface area (Å²) in [6, 6.07) is 11.3. The highest BCUT2D eigenvalue weighted by Crippen LogP contribution is 2.63. The standard InChI is InChI=1S/C35H40O11S/c1-17-20(45-31(41)25(37)18(2)21-12-9-13-47-21)15-35(43)29(46-30(40)19-10-7-6-8-11-19)27-33(5,22(36)14-23-34(27,42)16-44-23)28(39)26(38)24(17)32(35,3)4/h2,6-13,18,20,22-23,25-27,29,36-38,42-43H,14-16H2,1,3-5H3/t18?,20?,22?,23?,25?,26?,27?,29?,33-,34?,35?/m1/s1. The van der Waals surface area contributed by atoms with E-state index in [1.807, 2.05) is 0 Å². The Hall–Kier alpha value is -2.97. The highest BCUT2D eigenvalue weighted by Gasteiger charge is 2.76. The third-order valence-corrected chi connectivity index (χ3v) is 12.3. The number of hydrogen-bond acceptors (Lipinski definition) is 12. The van der Waals surface area contributed by atoms with Crippen LogP contribution in [0.1, 0.15) is 61.7 Å². The molecule has 11 atom stereocenters. The summed E-state index contributed by atoms with van der Waals surface area (Å²) < 4.78 is 17.6. The van der Waals surface area contributed by atoms with Crippen LogP contribution in [0.25, 0.3) is 0 Å². The van der Waals surface area contributed by atoms with Crippen molar-refractivity contribution in [3.8, 4) is 0 Å². The van der Waals surface area contributed by atoms with E-state index in [-0.39, 0.29) is 29.7 Å². The fourth-order valence-electron chi connectivity index (χ4n) is 8.37. The van der Waals surface area contributed by atoms with E-state index in [4.69, 9.17) is 21.1 Å². The van der Waals surface area contributed by atoms with Crippen LogP contribution in [0.4, 0.5) is 0 Å². The number of aliphatic hydroxyl groups excluding tert-OH is 3. The summed E-state index contributed by atoms with van der Waals surface area (Å²) in [5, 5.41) is 61.1. The molecule has 1 aromatic carbocycles. The van der Waals surface area contributed by atoms with E-state index in [0.717, 1.165) is 0 Å². The summed E-state index contributed by atoms with van der Waals surface area (Å²) in [7, 11) is 0. The first-order valence-corrected chi connectivity index (χ1v) is 16.5. The second-order valence-electron chi connectivity index (χ2n) is 14.0. The Labute approximate surface area is 276 Å². The van der Waals surface area contributed by atoms with Crippen molar-refractivity contribution in [3.05, 3.63) is 76.4 Å². The highest BCUT2D eigenvalue weighted by atomic mass is 32.1. The van der Waals surface area contributed by atoms with E-state index in [0.29, 0.717) is 4.88 Å². The van der Waals surface area contributed by atoms with Gasteiger partial charge in [0, 0.05) is 35.0 Å². The zero-order valence-electron chi connectivity index (χ0n) is 26.5. The summed E-state index contributed by atoms with van der Waals surface area (Å²) in [5.41, 5.74) is -7.13. The van der Waals surface area contributed by atoms with Gasteiger partial charge in [-0.15, -0.1) is 11.3 Å². The lowest BCUT2D eigenvalue weighted by Gasteiger charge is -2.66. The van der Waals surface area contributed by atoms with E-state index < -0.39 is 94.6 Å². The molecule has 11 nitrogen and oxygen atoms in total. The van der Waals surface area contributed by atoms with Crippen molar-refractivity contribution in [2.75, 3.05) is 6.61 Å². The van der Waals surface area contributed by atoms with E-state index in [2.05, 4.69) is 0 Å². The van der Waals surface area contributed by atoms with Gasteiger partial charge in [-0.1, -0.05) is 38.1 Å². The van der Waals surface area contributed by atoms with Gasteiger partial charge in [-0.05, 0) is 55.5 Å². The number of ketones is 1. The number of fused-ring (bicyclic) bond motifs is 5. The normalized spacial score (nSPS) is 38.9. The Bertz CT molecular complexity index is 1590. The zero-order valence-corrected chi connectivity index (χ0v) is 27.3. The fraction of sp³-hybridized carbons (Fsp3) is 0.543. The molecule has 3 aliphatic carbocycles. The topological polar surface area (TPSA) is 180 Å². The first kappa shape index (κ1) is 33.9. The smallest absolute Gasteiger partial charge is 0.338 e. The first-order valence-electron chi connectivity index (χ1n) is 15.6. The van der Waals surface area contributed by atoms with Crippen LogP contribution in [0.5, 0.6) is 0 Å². The third kappa shape index (κ3) is 4.86. The van der Waals surface area contributed by atoms with Crippen molar-refractivity contribution in [1.82, 2.24) is 0 Å². The monoisotopic (exact) mass is 668 g/mol. The summed E-state index contributed by atoms with van der Waals surface area (Å²) in [6.07, 6.45) is -9.67. The number of benzene rings is 1. The molecule has 2 bridgehead atoms. The third-order valence-electron chi connectivity index (χ3n) is 11.3. The largest absolute Gasteiger partial charge is 0.456 e. The lowest BCUT2D eigenvalue weighted by Crippen LogP contribution is -2.81. The lowest BCUT2D eigenvalue weighted by molar-refractivity contribution is -0.343. The van der Waals surface area contributed by atoms with Gasteiger partial charge in [-0.25, -0.2) is 9.59 Å². The minimum absolute atomic E-state index is 0.0118. The number of aliphatic hydroxyl groups is 5. The van der Waals surface area contributed by atoms with Gasteiger partial charge in [0.05, 0.1) is 29.8 Å². The van der Waals surface area contributed by atoms with Gasteiger partial charge < -0.3 is 39.7 Å². The van der Waals surface area contributed by atoms with Crippen molar-refractivity contribution in [2.45, 2.75) is 94.3 Å². The Kier molecular flexibility index (Phi) is 8.35. The van der Waals surface area contributed by atoms with Crippen molar-refractivity contribution in [3.63, 3.8) is 0 Å². The quantitative estimate of drug-likeness (QED) is 0.224. The number of hydrogen-bond donors (Lipinski definition) is 5. The van der Waals surface area contributed by atoms with Crippen LogP contribution in [0.2, 0.25) is 0 Å². The zero-order chi connectivity index (χ0) is 34.3. The maximum absolute atomic E-state index is 14.5. The van der Waals surface area contributed by atoms with E-state index in [9.17, 15) is 39.9 Å². The molecular weight excluding hydrogens is 628 g/mol. The molecule has 252 valence electrons.